The Labute approximate surface area is 122 Å². The van der Waals surface area contributed by atoms with Crippen molar-refractivity contribution in [3.63, 3.8) is 0 Å². The fourth-order valence-corrected chi connectivity index (χ4v) is 3.94. The smallest absolute Gasteiger partial charge is 0.289 e. The molecule has 21 heavy (non-hydrogen) atoms. The summed E-state index contributed by atoms with van der Waals surface area (Å²) in [6.07, 6.45) is 3.62. The Morgan fingerprint density at radius 1 is 1.00 bits per heavy atom. The molecule has 0 unspecified atom stereocenters. The van der Waals surface area contributed by atoms with Crippen molar-refractivity contribution in [1.82, 2.24) is 0 Å². The zero-order chi connectivity index (χ0) is 15.0. The Kier molecular flexibility index (Phi) is 3.51. The molecule has 2 aliphatic rings. The van der Waals surface area contributed by atoms with Crippen LogP contribution in [0.2, 0.25) is 0 Å². The van der Waals surface area contributed by atoms with E-state index in [1.165, 1.54) is 12.1 Å². The second-order valence-electron chi connectivity index (χ2n) is 5.20. The number of ketones is 2. The van der Waals surface area contributed by atoms with Crippen LogP contribution in [0.4, 0.5) is 0 Å². The van der Waals surface area contributed by atoms with Crippen LogP contribution in [-0.4, -0.2) is 26.1 Å². The lowest BCUT2D eigenvalue weighted by Gasteiger charge is -2.17. The molecule has 0 amide bonds. The van der Waals surface area contributed by atoms with E-state index in [0.717, 1.165) is 18.9 Å². The third-order valence-electron chi connectivity index (χ3n) is 3.76. The topological polar surface area (TPSA) is 77.5 Å². The molecule has 0 saturated heterocycles. The summed E-state index contributed by atoms with van der Waals surface area (Å²) in [6, 6.07) is 6.19. The summed E-state index contributed by atoms with van der Waals surface area (Å²) < 4.78 is 29.6. The molecule has 1 aromatic carbocycles. The minimum Gasteiger partial charge on any atom is -0.289 e. The summed E-state index contributed by atoms with van der Waals surface area (Å²) in [5, 5.41) is 0. The number of allylic oxidation sites excluding steroid dienone is 2. The summed E-state index contributed by atoms with van der Waals surface area (Å²) >= 11 is 0. The molecule has 1 aromatic rings. The lowest BCUT2D eigenvalue weighted by Crippen LogP contribution is -2.26. The predicted octanol–water partition coefficient (Wildman–Crippen LogP) is 2.24. The minimum absolute atomic E-state index is 0.110. The quantitative estimate of drug-likeness (QED) is 0.800. The molecule has 3 rings (SSSR count). The van der Waals surface area contributed by atoms with E-state index in [1.54, 1.807) is 12.1 Å². The number of carbonyl (C=O) groups excluding carboxylic acids is 2. The highest BCUT2D eigenvalue weighted by atomic mass is 32.2. The second kappa shape index (κ2) is 5.20. The molecule has 1 fully saturated rings. The first-order chi connectivity index (χ1) is 9.99. The van der Waals surface area contributed by atoms with Gasteiger partial charge in [0.2, 0.25) is 5.78 Å². The van der Waals surface area contributed by atoms with Gasteiger partial charge < -0.3 is 0 Å². The summed E-state index contributed by atoms with van der Waals surface area (Å²) in [6.45, 7) is 0. The minimum atomic E-state index is -4.20. The standard InChI is InChI=1S/C15H14O5S/c16-13-9-14(15(17)12-8-4-3-7-11(12)13)21(18,19)20-10-5-1-2-6-10/h3-4,7-10H,1-2,5-6H2. The number of hydrogen-bond donors (Lipinski definition) is 0. The van der Waals surface area contributed by atoms with Crippen molar-refractivity contribution < 1.29 is 22.2 Å². The Morgan fingerprint density at radius 2 is 1.62 bits per heavy atom. The van der Waals surface area contributed by atoms with E-state index >= 15 is 0 Å². The molecule has 1 saturated carbocycles. The van der Waals surface area contributed by atoms with Crippen molar-refractivity contribution in [2.45, 2.75) is 31.8 Å². The summed E-state index contributed by atoms with van der Waals surface area (Å²) in [5.74, 6) is -1.16. The van der Waals surface area contributed by atoms with Crippen molar-refractivity contribution >= 4 is 21.7 Å². The van der Waals surface area contributed by atoms with Crippen molar-refractivity contribution in [3.8, 4) is 0 Å². The molecule has 0 aromatic heterocycles. The molecule has 0 heterocycles. The third kappa shape index (κ3) is 2.56. The van der Waals surface area contributed by atoms with E-state index < -0.39 is 32.7 Å². The van der Waals surface area contributed by atoms with Gasteiger partial charge in [0, 0.05) is 17.2 Å². The molecule has 0 bridgehead atoms. The Hall–Kier alpha value is -1.79. The number of benzene rings is 1. The number of fused-ring (bicyclic) bond motifs is 1. The number of carbonyl (C=O) groups is 2. The number of Topliss-reactive ketones (excluding diaryl/α,β-unsaturated/α-hetero) is 1. The van der Waals surface area contributed by atoms with Gasteiger partial charge in [-0.25, -0.2) is 0 Å². The molecule has 0 N–H and O–H groups in total. The van der Waals surface area contributed by atoms with Crippen molar-refractivity contribution in [2.24, 2.45) is 0 Å². The van der Waals surface area contributed by atoms with Crippen LogP contribution < -0.4 is 0 Å². The van der Waals surface area contributed by atoms with Gasteiger partial charge in [0.15, 0.2) is 5.78 Å². The van der Waals surface area contributed by atoms with Gasteiger partial charge in [0.25, 0.3) is 0 Å². The largest absolute Gasteiger partial charge is 0.301 e. The Balaban J connectivity index is 1.96. The molecule has 5 nitrogen and oxygen atoms in total. The summed E-state index contributed by atoms with van der Waals surface area (Å²) in [7, 11) is -4.20. The molecule has 2 aliphatic carbocycles. The highest BCUT2D eigenvalue weighted by molar-refractivity contribution is 7.91. The van der Waals surface area contributed by atoms with Gasteiger partial charge >= 0.3 is 10.1 Å². The van der Waals surface area contributed by atoms with E-state index in [2.05, 4.69) is 0 Å². The molecular formula is C15H14O5S. The van der Waals surface area contributed by atoms with E-state index in [4.69, 9.17) is 4.18 Å². The van der Waals surface area contributed by atoms with Crippen LogP contribution in [0.3, 0.4) is 0 Å². The first kappa shape index (κ1) is 14.2. The van der Waals surface area contributed by atoms with Gasteiger partial charge in [-0.1, -0.05) is 37.1 Å². The van der Waals surface area contributed by atoms with E-state index in [0.29, 0.717) is 12.8 Å². The SMILES string of the molecule is O=C1C=C(S(=O)(=O)OC2CCCC2)C(=O)c2ccccc21. The van der Waals surface area contributed by atoms with Gasteiger partial charge in [-0.3, -0.25) is 13.8 Å². The number of hydrogen-bond acceptors (Lipinski definition) is 5. The Bertz CT molecular complexity index is 739. The molecule has 0 aliphatic heterocycles. The lowest BCUT2D eigenvalue weighted by molar-refractivity contribution is 0.0987. The molecule has 0 spiro atoms. The second-order valence-corrected chi connectivity index (χ2v) is 6.74. The zero-order valence-electron chi connectivity index (χ0n) is 11.2. The fraction of sp³-hybridized carbons (Fsp3) is 0.333. The molecule has 110 valence electrons. The maximum atomic E-state index is 12.3. The van der Waals surface area contributed by atoms with Crippen LogP contribution in [0.5, 0.6) is 0 Å². The van der Waals surface area contributed by atoms with E-state index in [9.17, 15) is 18.0 Å². The van der Waals surface area contributed by atoms with Crippen LogP contribution in [0.1, 0.15) is 46.4 Å². The average Bonchev–Trinajstić information content (AvgIpc) is 2.95. The summed E-state index contributed by atoms with van der Waals surface area (Å²) in [5.41, 5.74) is 0.334. The van der Waals surface area contributed by atoms with E-state index in [-0.39, 0.29) is 11.1 Å². The predicted molar refractivity (Wildman–Crippen MR) is 75.4 cm³/mol. The van der Waals surface area contributed by atoms with Crippen molar-refractivity contribution in [1.29, 1.82) is 0 Å². The number of rotatable bonds is 3. The summed E-state index contributed by atoms with van der Waals surface area (Å²) in [4.78, 5) is 23.7. The van der Waals surface area contributed by atoms with Gasteiger partial charge in [-0.05, 0) is 12.8 Å². The average molecular weight is 306 g/mol. The van der Waals surface area contributed by atoms with Crippen molar-refractivity contribution in [3.05, 3.63) is 46.4 Å². The molecule has 6 heteroatoms. The lowest BCUT2D eigenvalue weighted by atomic mass is 9.95. The van der Waals surface area contributed by atoms with Crippen LogP contribution >= 0.6 is 0 Å². The first-order valence-corrected chi connectivity index (χ1v) is 8.23. The third-order valence-corrected chi connectivity index (χ3v) is 5.12. The zero-order valence-corrected chi connectivity index (χ0v) is 12.1. The normalized spacial score (nSPS) is 19.5. The van der Waals surface area contributed by atoms with Crippen LogP contribution in [0, 0.1) is 0 Å². The van der Waals surface area contributed by atoms with E-state index in [1.807, 2.05) is 0 Å². The molecule has 0 radical (unpaired) electrons. The van der Waals surface area contributed by atoms with Crippen LogP contribution in [0.25, 0.3) is 0 Å². The maximum Gasteiger partial charge on any atom is 0.301 e. The van der Waals surface area contributed by atoms with Crippen LogP contribution in [0.15, 0.2) is 35.2 Å². The highest BCUT2D eigenvalue weighted by Crippen LogP contribution is 2.29. The van der Waals surface area contributed by atoms with Crippen LogP contribution in [-0.2, 0) is 14.3 Å². The van der Waals surface area contributed by atoms with Gasteiger partial charge in [0.05, 0.1) is 6.10 Å². The molecule has 0 atom stereocenters. The van der Waals surface area contributed by atoms with Gasteiger partial charge in [0.1, 0.15) is 4.91 Å². The van der Waals surface area contributed by atoms with Gasteiger partial charge in [-0.15, -0.1) is 0 Å². The Morgan fingerprint density at radius 3 is 2.29 bits per heavy atom. The monoisotopic (exact) mass is 306 g/mol. The van der Waals surface area contributed by atoms with Gasteiger partial charge in [-0.2, -0.15) is 8.42 Å². The highest BCUT2D eigenvalue weighted by Gasteiger charge is 2.36. The fourth-order valence-electron chi connectivity index (χ4n) is 2.69. The van der Waals surface area contributed by atoms with Crippen molar-refractivity contribution in [2.75, 3.05) is 0 Å². The maximum absolute atomic E-state index is 12.3. The first-order valence-electron chi connectivity index (χ1n) is 6.82. The molecular weight excluding hydrogens is 292 g/mol.